The smallest absolute Gasteiger partial charge is 0.381 e. The number of benzene rings is 1. The number of rotatable bonds is 3. The van der Waals surface area contributed by atoms with Crippen LogP contribution >= 0.6 is 0 Å². The van der Waals surface area contributed by atoms with Crippen molar-refractivity contribution in [2.24, 2.45) is 11.8 Å². The van der Waals surface area contributed by atoms with E-state index < -0.39 is 29.9 Å². The highest BCUT2D eigenvalue weighted by Gasteiger charge is 2.47. The lowest BCUT2D eigenvalue weighted by Crippen LogP contribution is -2.52. The zero-order chi connectivity index (χ0) is 25.8. The summed E-state index contributed by atoms with van der Waals surface area (Å²) in [5.74, 6) is -2.02. The predicted molar refractivity (Wildman–Crippen MR) is 120 cm³/mol. The minimum absolute atomic E-state index is 0.128. The van der Waals surface area contributed by atoms with Crippen LogP contribution in [0, 0.1) is 11.8 Å². The number of hydrogen-bond acceptors (Lipinski definition) is 3. The van der Waals surface area contributed by atoms with Crippen molar-refractivity contribution in [2.75, 3.05) is 19.8 Å². The number of alkyl halides is 6. The van der Waals surface area contributed by atoms with Gasteiger partial charge in [-0.15, -0.1) is 0 Å². The van der Waals surface area contributed by atoms with E-state index in [-0.39, 0.29) is 44.0 Å². The fourth-order valence-corrected chi connectivity index (χ4v) is 5.10. The number of hydrogen-bond donors (Lipinski definition) is 1. The molecular formula is C25H34F6N2O2. The number of nitrogens with one attached hydrogen (secondary N) is 1. The maximum Gasteiger partial charge on any atom is 0.416 e. The number of halogens is 6. The zero-order valence-electron chi connectivity index (χ0n) is 20.1. The third-order valence-electron chi connectivity index (χ3n) is 6.87. The molecule has 1 aromatic rings. The number of amides is 1. The van der Waals surface area contributed by atoms with Crippen LogP contribution in [0.5, 0.6) is 0 Å². The first-order valence-electron chi connectivity index (χ1n) is 12.3. The lowest BCUT2D eigenvalue weighted by atomic mass is 9.93. The fourth-order valence-electron chi connectivity index (χ4n) is 5.10. The lowest BCUT2D eigenvalue weighted by molar-refractivity contribution is -0.208. The second-order valence-corrected chi connectivity index (χ2v) is 9.69. The second kappa shape index (κ2) is 11.5. The molecule has 3 unspecified atom stereocenters. The van der Waals surface area contributed by atoms with E-state index in [0.29, 0.717) is 37.8 Å². The summed E-state index contributed by atoms with van der Waals surface area (Å²) < 4.78 is 84.0. The van der Waals surface area contributed by atoms with E-state index in [9.17, 15) is 31.1 Å². The summed E-state index contributed by atoms with van der Waals surface area (Å²) in [7, 11) is 0. The van der Waals surface area contributed by atoms with Crippen molar-refractivity contribution in [2.45, 2.75) is 83.4 Å². The van der Waals surface area contributed by atoms with Gasteiger partial charge in [-0.3, -0.25) is 4.79 Å². The molecule has 1 N–H and O–H groups in total. The second-order valence-electron chi connectivity index (χ2n) is 9.69. The van der Waals surface area contributed by atoms with Crippen LogP contribution in [0.15, 0.2) is 18.2 Å². The van der Waals surface area contributed by atoms with Crippen LogP contribution in [0.1, 0.15) is 62.6 Å². The Morgan fingerprint density at radius 1 is 1.09 bits per heavy atom. The molecule has 0 radical (unpaired) electrons. The Bertz CT molecular complexity index is 857. The highest BCUT2D eigenvalue weighted by molar-refractivity contribution is 5.79. The molecule has 4 atom stereocenters. The quantitative estimate of drug-likeness (QED) is 0.530. The highest BCUT2D eigenvalue weighted by atomic mass is 19.4. The maximum absolute atomic E-state index is 13.3. The van der Waals surface area contributed by atoms with Crippen LogP contribution in [-0.2, 0) is 28.7 Å². The molecule has 1 aromatic carbocycles. The van der Waals surface area contributed by atoms with Crippen molar-refractivity contribution in [3.63, 3.8) is 0 Å². The Hall–Kier alpha value is -1.81. The SMILES string of the molecule is CCC.O=C([C@H]1CCC(NC2CCOCC2C(F)(F)F)C1)N1CCc2ccc(C(F)(F)F)cc2C1. The van der Waals surface area contributed by atoms with Gasteiger partial charge in [-0.1, -0.05) is 26.3 Å². The molecule has 4 nitrogen and oxygen atoms in total. The molecule has 2 fully saturated rings. The zero-order valence-corrected chi connectivity index (χ0v) is 20.1. The van der Waals surface area contributed by atoms with Crippen molar-refractivity contribution in [1.82, 2.24) is 10.2 Å². The average molecular weight is 509 g/mol. The van der Waals surface area contributed by atoms with Crippen LogP contribution in [0.25, 0.3) is 0 Å². The molecule has 1 amide bonds. The monoisotopic (exact) mass is 508 g/mol. The largest absolute Gasteiger partial charge is 0.416 e. The van der Waals surface area contributed by atoms with E-state index in [0.717, 1.165) is 17.7 Å². The highest BCUT2D eigenvalue weighted by Crippen LogP contribution is 2.36. The summed E-state index contributed by atoms with van der Waals surface area (Å²) in [5.41, 5.74) is 0.583. The summed E-state index contributed by atoms with van der Waals surface area (Å²) >= 11 is 0. The van der Waals surface area contributed by atoms with E-state index >= 15 is 0 Å². The summed E-state index contributed by atoms with van der Waals surface area (Å²) in [4.78, 5) is 14.6. The molecular weight excluding hydrogens is 474 g/mol. The third-order valence-corrected chi connectivity index (χ3v) is 6.87. The van der Waals surface area contributed by atoms with Crippen LogP contribution < -0.4 is 5.32 Å². The molecule has 198 valence electrons. The molecule has 0 spiro atoms. The normalized spacial score (nSPS) is 27.1. The van der Waals surface area contributed by atoms with Gasteiger partial charge in [0.1, 0.15) is 0 Å². The Morgan fingerprint density at radius 2 is 1.80 bits per heavy atom. The summed E-state index contributed by atoms with van der Waals surface area (Å²) in [6.07, 6.45) is -5.19. The number of carbonyl (C=O) groups excluding carboxylic acids is 1. The van der Waals surface area contributed by atoms with Gasteiger partial charge < -0.3 is 15.0 Å². The number of nitrogens with zero attached hydrogens (tertiary/aromatic N) is 1. The van der Waals surface area contributed by atoms with Crippen molar-refractivity contribution >= 4 is 5.91 Å². The Balaban J connectivity index is 0.00000108. The average Bonchev–Trinajstić information content (AvgIpc) is 3.26. The van der Waals surface area contributed by atoms with E-state index in [1.165, 1.54) is 12.5 Å². The minimum atomic E-state index is -4.44. The first-order valence-corrected chi connectivity index (χ1v) is 12.3. The molecule has 1 saturated heterocycles. The minimum Gasteiger partial charge on any atom is -0.381 e. The van der Waals surface area contributed by atoms with Gasteiger partial charge in [0.25, 0.3) is 0 Å². The Kier molecular flexibility index (Phi) is 9.12. The van der Waals surface area contributed by atoms with Crippen LogP contribution in [-0.4, -0.2) is 48.8 Å². The van der Waals surface area contributed by atoms with Crippen LogP contribution in [0.3, 0.4) is 0 Å². The van der Waals surface area contributed by atoms with Gasteiger partial charge in [0, 0.05) is 37.7 Å². The molecule has 1 aliphatic carbocycles. The molecule has 1 saturated carbocycles. The summed E-state index contributed by atoms with van der Waals surface area (Å²) in [6, 6.07) is 2.72. The number of fused-ring (bicyclic) bond motifs is 1. The molecule has 3 aliphatic rings. The van der Waals surface area contributed by atoms with Gasteiger partial charge in [0.2, 0.25) is 5.91 Å². The van der Waals surface area contributed by atoms with Gasteiger partial charge in [0.15, 0.2) is 0 Å². The molecule has 2 heterocycles. The van der Waals surface area contributed by atoms with E-state index in [1.54, 1.807) is 4.90 Å². The lowest BCUT2D eigenvalue weighted by Gasteiger charge is -2.35. The third kappa shape index (κ3) is 7.12. The summed E-state index contributed by atoms with van der Waals surface area (Å²) in [6.45, 7) is 4.72. The predicted octanol–water partition coefficient (Wildman–Crippen LogP) is 5.73. The maximum atomic E-state index is 13.3. The molecule has 4 rings (SSSR count). The first kappa shape index (κ1) is 27.8. The van der Waals surface area contributed by atoms with Crippen molar-refractivity contribution in [1.29, 1.82) is 0 Å². The Morgan fingerprint density at radius 3 is 2.46 bits per heavy atom. The van der Waals surface area contributed by atoms with Crippen molar-refractivity contribution < 1.29 is 35.9 Å². The van der Waals surface area contributed by atoms with Crippen LogP contribution in [0.2, 0.25) is 0 Å². The first-order chi connectivity index (χ1) is 16.4. The van der Waals surface area contributed by atoms with Crippen molar-refractivity contribution in [3.8, 4) is 0 Å². The Labute approximate surface area is 202 Å². The van der Waals surface area contributed by atoms with Gasteiger partial charge in [-0.25, -0.2) is 0 Å². The van der Waals surface area contributed by atoms with Crippen LogP contribution in [0.4, 0.5) is 26.3 Å². The number of ether oxygens (including phenoxy) is 1. The van der Waals surface area contributed by atoms with Gasteiger partial charge in [0.05, 0.1) is 18.1 Å². The fraction of sp³-hybridized carbons (Fsp3) is 0.720. The van der Waals surface area contributed by atoms with Gasteiger partial charge >= 0.3 is 12.4 Å². The summed E-state index contributed by atoms with van der Waals surface area (Å²) in [5, 5.41) is 3.11. The molecule has 2 aliphatic heterocycles. The van der Waals surface area contributed by atoms with Gasteiger partial charge in [-0.2, -0.15) is 26.3 Å². The van der Waals surface area contributed by atoms with E-state index in [4.69, 9.17) is 4.74 Å². The topological polar surface area (TPSA) is 41.6 Å². The molecule has 0 aromatic heterocycles. The van der Waals surface area contributed by atoms with E-state index in [2.05, 4.69) is 19.2 Å². The van der Waals surface area contributed by atoms with E-state index in [1.807, 2.05) is 0 Å². The van der Waals surface area contributed by atoms with Gasteiger partial charge in [-0.05, 0) is 55.4 Å². The standard InChI is InChI=1S/C22H26F6N2O2.C3H8/c23-21(24,25)16-3-1-13-5-7-30(11-15(13)9-16)20(31)14-2-4-17(10-14)29-19-6-8-32-12-18(19)22(26,27)28;1-3-2/h1,3,9,14,17-19,29H,2,4-8,10-12H2;3H2,1-2H3/t14-,17?,18?,19?;/m0./s1. The van der Waals surface area contributed by atoms with Crippen molar-refractivity contribution in [3.05, 3.63) is 34.9 Å². The molecule has 0 bridgehead atoms. The molecule has 35 heavy (non-hydrogen) atoms. The molecule has 10 heteroatoms. The number of carbonyl (C=O) groups is 1.